The number of fused-ring (bicyclic) bond motifs is 1. The van der Waals surface area contributed by atoms with Gasteiger partial charge in [-0.1, -0.05) is 18.2 Å². The highest BCUT2D eigenvalue weighted by Gasteiger charge is 2.32. The van der Waals surface area contributed by atoms with Gasteiger partial charge in [0.25, 0.3) is 11.1 Å². The largest absolute Gasteiger partial charge is 0.504 e. The van der Waals surface area contributed by atoms with Gasteiger partial charge in [-0.05, 0) is 28.8 Å². The van der Waals surface area contributed by atoms with Crippen LogP contribution in [0.3, 0.4) is 0 Å². The van der Waals surface area contributed by atoms with Gasteiger partial charge in [-0.25, -0.2) is 0 Å². The molecule has 11 heteroatoms. The van der Waals surface area contributed by atoms with Gasteiger partial charge in [-0.3, -0.25) is 9.59 Å². The van der Waals surface area contributed by atoms with Crippen molar-refractivity contribution in [3.05, 3.63) is 87.5 Å². The summed E-state index contributed by atoms with van der Waals surface area (Å²) in [5, 5.41) is 3.86. The predicted octanol–water partition coefficient (Wildman–Crippen LogP) is 4.39. The van der Waals surface area contributed by atoms with Crippen molar-refractivity contribution < 1.29 is 17.9 Å². The number of aromatic nitrogens is 5. The Labute approximate surface area is 208 Å². The maximum Gasteiger partial charge on any atom is 0.504 e. The number of benzene rings is 1. The molecular weight excluding hydrogens is 487 g/mol. The Morgan fingerprint density at radius 1 is 0.946 bits per heavy atom. The zero-order valence-electron chi connectivity index (χ0n) is 20.1. The van der Waals surface area contributed by atoms with Gasteiger partial charge in [0.1, 0.15) is 5.52 Å². The normalized spacial score (nSPS) is 11.9. The summed E-state index contributed by atoms with van der Waals surface area (Å²) in [6.45, 7) is 0.409. The number of alkyl halides is 3. The molecule has 1 aromatic carbocycles. The molecule has 4 heterocycles. The standard InChI is InChI=1S/C26H22F3N5O3/c1-32-12-20(16-6-4-5-15(7-16)14-37-3)18(9-23(32)35)21-13-33(2)25(36)24-19(21)8-22(31-24)17-10-30-34(11-17)26(27,28)29/h4-13,31H,14H2,1-3H3. The molecule has 4 aromatic heterocycles. The summed E-state index contributed by atoms with van der Waals surface area (Å²) in [5.74, 6) is 0. The molecular formula is C26H22F3N5O3. The Morgan fingerprint density at radius 3 is 2.41 bits per heavy atom. The number of hydrogen-bond donors (Lipinski definition) is 1. The third-order valence-electron chi connectivity index (χ3n) is 6.19. The number of rotatable bonds is 5. The molecule has 0 aliphatic carbocycles. The van der Waals surface area contributed by atoms with Crippen molar-refractivity contribution in [2.45, 2.75) is 12.9 Å². The van der Waals surface area contributed by atoms with E-state index in [9.17, 15) is 22.8 Å². The van der Waals surface area contributed by atoms with E-state index in [1.807, 2.05) is 24.3 Å². The van der Waals surface area contributed by atoms with Crippen LogP contribution in [0, 0.1) is 0 Å². The number of H-pyrrole nitrogens is 1. The van der Waals surface area contributed by atoms with Crippen molar-refractivity contribution >= 4 is 10.9 Å². The van der Waals surface area contributed by atoms with Crippen molar-refractivity contribution in [2.24, 2.45) is 14.1 Å². The van der Waals surface area contributed by atoms with E-state index in [1.54, 1.807) is 39.7 Å². The Kier molecular flexibility index (Phi) is 5.87. The lowest BCUT2D eigenvalue weighted by Crippen LogP contribution is -2.18. The molecule has 5 aromatic rings. The molecule has 0 radical (unpaired) electrons. The number of aromatic amines is 1. The first-order valence-corrected chi connectivity index (χ1v) is 11.2. The van der Waals surface area contributed by atoms with Gasteiger partial charge in [0.2, 0.25) is 0 Å². The number of hydrogen-bond acceptors (Lipinski definition) is 4. The minimum absolute atomic E-state index is 0.0983. The van der Waals surface area contributed by atoms with Crippen molar-refractivity contribution in [2.75, 3.05) is 7.11 Å². The molecule has 0 bridgehead atoms. The molecule has 5 rings (SSSR count). The number of methoxy groups -OCH3 is 1. The lowest BCUT2D eigenvalue weighted by Gasteiger charge is -2.14. The molecule has 0 fully saturated rings. The van der Waals surface area contributed by atoms with Crippen LogP contribution in [-0.2, 0) is 31.7 Å². The third kappa shape index (κ3) is 4.38. The predicted molar refractivity (Wildman–Crippen MR) is 133 cm³/mol. The van der Waals surface area contributed by atoms with Crippen LogP contribution >= 0.6 is 0 Å². The molecule has 0 atom stereocenters. The van der Waals surface area contributed by atoms with E-state index in [0.717, 1.165) is 29.1 Å². The average Bonchev–Trinajstić information content (AvgIpc) is 3.51. The number of halogens is 3. The van der Waals surface area contributed by atoms with Gasteiger partial charge in [0.05, 0.1) is 12.8 Å². The van der Waals surface area contributed by atoms with Crippen molar-refractivity contribution in [1.82, 2.24) is 23.9 Å². The van der Waals surface area contributed by atoms with Gasteiger partial charge < -0.3 is 18.9 Å². The molecule has 0 unspecified atom stereocenters. The second-order valence-electron chi connectivity index (χ2n) is 8.76. The Morgan fingerprint density at radius 2 is 1.70 bits per heavy atom. The fraction of sp³-hybridized carbons (Fsp3) is 0.192. The van der Waals surface area contributed by atoms with Crippen molar-refractivity contribution in [3.63, 3.8) is 0 Å². The first-order chi connectivity index (χ1) is 17.6. The number of nitrogens with zero attached hydrogens (tertiary/aromatic N) is 4. The number of nitrogens with one attached hydrogen (secondary N) is 1. The van der Waals surface area contributed by atoms with Gasteiger partial charge in [-0.2, -0.15) is 9.78 Å². The molecule has 0 aliphatic rings. The van der Waals surface area contributed by atoms with E-state index in [0.29, 0.717) is 28.8 Å². The summed E-state index contributed by atoms with van der Waals surface area (Å²) in [6.07, 6.45) is 0.606. The van der Waals surface area contributed by atoms with Crippen molar-refractivity contribution in [3.8, 4) is 33.5 Å². The Balaban J connectivity index is 1.76. The van der Waals surface area contributed by atoms with Crippen LogP contribution < -0.4 is 11.1 Å². The lowest BCUT2D eigenvalue weighted by molar-refractivity contribution is -0.212. The molecule has 190 valence electrons. The Bertz CT molecular complexity index is 1760. The molecule has 8 nitrogen and oxygen atoms in total. The van der Waals surface area contributed by atoms with Crippen LogP contribution in [0.2, 0.25) is 0 Å². The lowest BCUT2D eigenvalue weighted by atomic mass is 9.94. The molecule has 0 aliphatic heterocycles. The summed E-state index contributed by atoms with van der Waals surface area (Å²) in [5.41, 5.74) is 3.72. The molecule has 1 N–H and O–H groups in total. The molecule has 0 spiro atoms. The van der Waals surface area contributed by atoms with E-state index < -0.39 is 6.30 Å². The number of pyridine rings is 2. The third-order valence-corrected chi connectivity index (χ3v) is 6.19. The van der Waals surface area contributed by atoms with Crippen LogP contribution in [0.1, 0.15) is 5.56 Å². The van der Waals surface area contributed by atoms with E-state index in [4.69, 9.17) is 4.74 Å². The maximum atomic E-state index is 13.1. The summed E-state index contributed by atoms with van der Waals surface area (Å²) in [6, 6.07) is 10.8. The average molecular weight is 509 g/mol. The minimum atomic E-state index is -4.66. The van der Waals surface area contributed by atoms with E-state index in [1.165, 1.54) is 15.2 Å². The molecule has 37 heavy (non-hydrogen) atoms. The number of ether oxygens (including phenoxy) is 1. The monoisotopic (exact) mass is 509 g/mol. The van der Waals surface area contributed by atoms with Gasteiger partial charge in [-0.15, -0.1) is 13.2 Å². The highest BCUT2D eigenvalue weighted by molar-refractivity contribution is 6.00. The zero-order valence-corrected chi connectivity index (χ0v) is 20.1. The summed E-state index contributed by atoms with van der Waals surface area (Å²) < 4.78 is 47.2. The van der Waals surface area contributed by atoms with Crippen LogP contribution in [0.4, 0.5) is 13.2 Å². The Hall–Kier alpha value is -4.38. The second-order valence-corrected chi connectivity index (χ2v) is 8.76. The van der Waals surface area contributed by atoms with Crippen LogP contribution in [0.5, 0.6) is 0 Å². The highest BCUT2D eigenvalue weighted by Crippen LogP contribution is 2.36. The van der Waals surface area contributed by atoms with Crippen LogP contribution in [-0.4, -0.2) is 31.0 Å². The second kappa shape index (κ2) is 8.93. The quantitative estimate of drug-likeness (QED) is 0.381. The summed E-state index contributed by atoms with van der Waals surface area (Å²) in [7, 11) is 4.83. The first-order valence-electron chi connectivity index (χ1n) is 11.2. The van der Waals surface area contributed by atoms with E-state index in [2.05, 4.69) is 10.1 Å². The van der Waals surface area contributed by atoms with Crippen LogP contribution in [0.15, 0.2) is 70.8 Å². The molecule has 0 saturated carbocycles. The van der Waals surface area contributed by atoms with Crippen LogP contribution in [0.25, 0.3) is 44.4 Å². The van der Waals surface area contributed by atoms with E-state index in [-0.39, 0.29) is 26.9 Å². The van der Waals surface area contributed by atoms with E-state index >= 15 is 0 Å². The molecule has 0 amide bonds. The fourth-order valence-corrected chi connectivity index (χ4v) is 4.38. The molecule has 0 saturated heterocycles. The SMILES string of the molecule is COCc1cccc(-c2cn(C)c(=O)cc2-c2cn(C)c(=O)c3[nH]c(-c4cnn(C(F)(F)F)c4)cc23)c1. The number of aryl methyl sites for hydroxylation is 2. The minimum Gasteiger partial charge on any atom is -0.380 e. The summed E-state index contributed by atoms with van der Waals surface area (Å²) >= 11 is 0. The topological polar surface area (TPSA) is 86.8 Å². The van der Waals surface area contributed by atoms with Gasteiger partial charge in [0.15, 0.2) is 0 Å². The zero-order chi connectivity index (χ0) is 26.5. The highest BCUT2D eigenvalue weighted by atomic mass is 19.4. The fourth-order valence-electron chi connectivity index (χ4n) is 4.38. The summed E-state index contributed by atoms with van der Waals surface area (Å²) in [4.78, 5) is 28.6. The van der Waals surface area contributed by atoms with Gasteiger partial charge >= 0.3 is 6.30 Å². The van der Waals surface area contributed by atoms with Crippen molar-refractivity contribution in [1.29, 1.82) is 0 Å². The van der Waals surface area contributed by atoms with Gasteiger partial charge in [0, 0.05) is 73.6 Å². The maximum absolute atomic E-state index is 13.1. The first kappa shape index (κ1) is 24.3. The smallest absolute Gasteiger partial charge is 0.380 e.